The third-order valence-electron chi connectivity index (χ3n) is 2.73. The lowest BCUT2D eigenvalue weighted by Gasteiger charge is -2.29. The second-order valence-corrected chi connectivity index (χ2v) is 5.80. The molecule has 0 aliphatic rings. The van der Waals surface area contributed by atoms with E-state index >= 15 is 0 Å². The van der Waals surface area contributed by atoms with Gasteiger partial charge in [-0.15, -0.1) is 0 Å². The van der Waals surface area contributed by atoms with Crippen LogP contribution in [0.2, 0.25) is 0 Å². The van der Waals surface area contributed by atoms with E-state index in [1.807, 2.05) is 32.8 Å². The molecular formula is C14H21F3N2. The Morgan fingerprint density at radius 2 is 1.68 bits per heavy atom. The van der Waals surface area contributed by atoms with Crippen molar-refractivity contribution in [3.8, 4) is 0 Å². The van der Waals surface area contributed by atoms with Crippen LogP contribution < -0.4 is 5.32 Å². The molecule has 0 atom stereocenters. The number of rotatable bonds is 5. The minimum absolute atomic E-state index is 0.109. The van der Waals surface area contributed by atoms with Gasteiger partial charge in [-0.25, -0.2) is 0 Å². The fourth-order valence-electron chi connectivity index (χ4n) is 2.13. The first-order chi connectivity index (χ1) is 8.62. The van der Waals surface area contributed by atoms with Crippen molar-refractivity contribution in [2.45, 2.75) is 20.0 Å². The second-order valence-electron chi connectivity index (χ2n) is 5.80. The van der Waals surface area contributed by atoms with Crippen molar-refractivity contribution in [1.29, 1.82) is 0 Å². The first-order valence-corrected chi connectivity index (χ1v) is 6.17. The minimum atomic E-state index is -4.32. The fraction of sp³-hybridized carbons (Fsp3) is 0.571. The van der Waals surface area contributed by atoms with E-state index in [0.29, 0.717) is 6.54 Å². The second kappa shape index (κ2) is 5.82. The highest BCUT2D eigenvalue weighted by molar-refractivity contribution is 5.52. The summed E-state index contributed by atoms with van der Waals surface area (Å²) in [5, 5.41) is 2.92. The van der Waals surface area contributed by atoms with Gasteiger partial charge in [0.05, 0.1) is 5.56 Å². The molecule has 108 valence electrons. The third-order valence-corrected chi connectivity index (χ3v) is 2.73. The van der Waals surface area contributed by atoms with Crippen molar-refractivity contribution in [2.24, 2.45) is 5.41 Å². The number of alkyl halides is 3. The van der Waals surface area contributed by atoms with Gasteiger partial charge < -0.3 is 10.2 Å². The van der Waals surface area contributed by atoms with Crippen LogP contribution in [0, 0.1) is 5.41 Å². The molecule has 1 rings (SSSR count). The molecule has 0 aliphatic heterocycles. The van der Waals surface area contributed by atoms with Crippen molar-refractivity contribution >= 4 is 5.69 Å². The number of nitrogens with one attached hydrogen (secondary N) is 1. The molecule has 0 heterocycles. The van der Waals surface area contributed by atoms with Gasteiger partial charge in [0.1, 0.15) is 0 Å². The van der Waals surface area contributed by atoms with Crippen molar-refractivity contribution in [3.05, 3.63) is 29.8 Å². The number of hydrogen-bond acceptors (Lipinski definition) is 2. The van der Waals surface area contributed by atoms with Gasteiger partial charge in [0.25, 0.3) is 0 Å². The summed E-state index contributed by atoms with van der Waals surface area (Å²) in [6.45, 7) is 5.33. The molecule has 0 aromatic heterocycles. The average molecular weight is 274 g/mol. The number of anilines is 1. The largest absolute Gasteiger partial charge is 0.418 e. The smallest absolute Gasteiger partial charge is 0.384 e. The van der Waals surface area contributed by atoms with E-state index in [1.54, 1.807) is 6.07 Å². The molecule has 0 radical (unpaired) electrons. The molecule has 0 saturated heterocycles. The molecule has 0 amide bonds. The summed E-state index contributed by atoms with van der Waals surface area (Å²) in [6.07, 6.45) is -4.32. The Morgan fingerprint density at radius 3 is 2.21 bits per heavy atom. The Labute approximate surface area is 112 Å². The summed E-state index contributed by atoms with van der Waals surface area (Å²) >= 11 is 0. The third kappa shape index (κ3) is 5.11. The standard InChI is InChI=1S/C14H21F3N2/c1-13(2,10-19(3)4)9-18-12-8-6-5-7-11(12)14(15,16)17/h5-8,18H,9-10H2,1-4H3. The zero-order valence-corrected chi connectivity index (χ0v) is 11.8. The molecule has 1 aromatic carbocycles. The zero-order valence-electron chi connectivity index (χ0n) is 11.8. The Balaban J connectivity index is 2.79. The number of para-hydroxylation sites is 1. The maximum Gasteiger partial charge on any atom is 0.418 e. The van der Waals surface area contributed by atoms with Gasteiger partial charge in [0, 0.05) is 18.8 Å². The molecule has 0 saturated carbocycles. The lowest BCUT2D eigenvalue weighted by Crippen LogP contribution is -2.34. The summed E-state index contributed by atoms with van der Waals surface area (Å²) in [4.78, 5) is 2.03. The van der Waals surface area contributed by atoms with E-state index in [2.05, 4.69) is 5.32 Å². The average Bonchev–Trinajstić information content (AvgIpc) is 2.24. The SMILES string of the molecule is CN(C)CC(C)(C)CNc1ccccc1C(F)(F)F. The van der Waals surface area contributed by atoms with Crippen LogP contribution in [0.15, 0.2) is 24.3 Å². The lowest BCUT2D eigenvalue weighted by molar-refractivity contribution is -0.137. The zero-order chi connectivity index (χ0) is 14.7. The van der Waals surface area contributed by atoms with Crippen LogP contribution in [-0.4, -0.2) is 32.1 Å². The van der Waals surface area contributed by atoms with Crippen LogP contribution in [-0.2, 0) is 6.18 Å². The summed E-state index contributed by atoms with van der Waals surface area (Å²) in [5.74, 6) is 0. The quantitative estimate of drug-likeness (QED) is 0.880. The van der Waals surface area contributed by atoms with Gasteiger partial charge in [-0.1, -0.05) is 26.0 Å². The highest BCUT2D eigenvalue weighted by Crippen LogP contribution is 2.35. The minimum Gasteiger partial charge on any atom is -0.384 e. The van der Waals surface area contributed by atoms with E-state index in [1.165, 1.54) is 12.1 Å². The first-order valence-electron chi connectivity index (χ1n) is 6.17. The lowest BCUT2D eigenvalue weighted by atomic mass is 9.92. The predicted octanol–water partition coefficient (Wildman–Crippen LogP) is 3.71. The Bertz CT molecular complexity index is 411. The molecule has 0 spiro atoms. The van der Waals surface area contributed by atoms with Crippen LogP contribution in [0.1, 0.15) is 19.4 Å². The Morgan fingerprint density at radius 1 is 1.11 bits per heavy atom. The molecule has 19 heavy (non-hydrogen) atoms. The van der Waals surface area contributed by atoms with E-state index in [0.717, 1.165) is 12.6 Å². The maximum absolute atomic E-state index is 12.8. The summed E-state index contributed by atoms with van der Waals surface area (Å²) in [6, 6.07) is 5.57. The summed E-state index contributed by atoms with van der Waals surface area (Å²) in [5.41, 5.74) is -0.583. The number of hydrogen-bond donors (Lipinski definition) is 1. The van der Waals surface area contributed by atoms with Crippen LogP contribution in [0.3, 0.4) is 0 Å². The van der Waals surface area contributed by atoms with Crippen LogP contribution in [0.25, 0.3) is 0 Å². The normalized spacial score (nSPS) is 12.8. The molecule has 0 unspecified atom stereocenters. The van der Waals surface area contributed by atoms with Gasteiger partial charge in [-0.05, 0) is 31.6 Å². The molecule has 0 aliphatic carbocycles. The molecule has 5 heteroatoms. The van der Waals surface area contributed by atoms with Gasteiger partial charge >= 0.3 is 6.18 Å². The van der Waals surface area contributed by atoms with E-state index in [4.69, 9.17) is 0 Å². The molecule has 2 nitrogen and oxygen atoms in total. The van der Waals surface area contributed by atoms with E-state index in [-0.39, 0.29) is 11.1 Å². The first kappa shape index (κ1) is 15.8. The molecule has 1 N–H and O–H groups in total. The van der Waals surface area contributed by atoms with E-state index in [9.17, 15) is 13.2 Å². The van der Waals surface area contributed by atoms with Crippen molar-refractivity contribution < 1.29 is 13.2 Å². The molecule has 0 bridgehead atoms. The van der Waals surface area contributed by atoms with E-state index < -0.39 is 11.7 Å². The maximum atomic E-state index is 12.8. The van der Waals surface area contributed by atoms with Crippen LogP contribution in [0.4, 0.5) is 18.9 Å². The Kier molecular flexibility index (Phi) is 4.85. The van der Waals surface area contributed by atoms with Crippen molar-refractivity contribution in [1.82, 2.24) is 4.90 Å². The number of nitrogens with zero attached hydrogens (tertiary/aromatic N) is 1. The van der Waals surface area contributed by atoms with Crippen molar-refractivity contribution in [3.63, 3.8) is 0 Å². The van der Waals surface area contributed by atoms with Gasteiger partial charge in [0.15, 0.2) is 0 Å². The van der Waals surface area contributed by atoms with Crippen LogP contribution in [0.5, 0.6) is 0 Å². The predicted molar refractivity (Wildman–Crippen MR) is 72.3 cm³/mol. The van der Waals surface area contributed by atoms with Crippen molar-refractivity contribution in [2.75, 3.05) is 32.5 Å². The highest BCUT2D eigenvalue weighted by Gasteiger charge is 2.33. The summed E-state index contributed by atoms with van der Waals surface area (Å²) < 4.78 is 38.5. The highest BCUT2D eigenvalue weighted by atomic mass is 19.4. The monoisotopic (exact) mass is 274 g/mol. The van der Waals surface area contributed by atoms with Gasteiger partial charge in [-0.3, -0.25) is 0 Å². The van der Waals surface area contributed by atoms with Gasteiger partial charge in [0.2, 0.25) is 0 Å². The van der Waals surface area contributed by atoms with Crippen LogP contribution >= 0.6 is 0 Å². The Hall–Kier alpha value is -1.23. The molecule has 1 aromatic rings. The molecule has 0 fully saturated rings. The molecular weight excluding hydrogens is 253 g/mol. The summed E-state index contributed by atoms with van der Waals surface area (Å²) in [7, 11) is 3.90. The number of benzene rings is 1. The number of halogens is 3. The van der Waals surface area contributed by atoms with Gasteiger partial charge in [-0.2, -0.15) is 13.2 Å². The fourth-order valence-corrected chi connectivity index (χ4v) is 2.13. The topological polar surface area (TPSA) is 15.3 Å².